The third-order valence-corrected chi connectivity index (χ3v) is 1.46. The lowest BCUT2D eigenvalue weighted by molar-refractivity contribution is -0.148. The standard InChI is InChI=1S/C8H15NO4/c1-3-7(10)9-4-5-13-6(2)8(11)12/h6H,3-5H2,1-2H3,(H,9,10)(H,11,12). The molecule has 0 saturated carbocycles. The molecule has 0 aliphatic carbocycles. The Balaban J connectivity index is 3.35. The Bertz CT molecular complexity index is 181. The number of amides is 1. The minimum Gasteiger partial charge on any atom is -0.479 e. The van der Waals surface area contributed by atoms with E-state index in [1.165, 1.54) is 6.92 Å². The largest absolute Gasteiger partial charge is 0.479 e. The zero-order chi connectivity index (χ0) is 10.3. The van der Waals surface area contributed by atoms with Gasteiger partial charge < -0.3 is 15.2 Å². The number of hydrogen-bond donors (Lipinski definition) is 2. The summed E-state index contributed by atoms with van der Waals surface area (Å²) in [6.45, 7) is 3.77. The van der Waals surface area contributed by atoms with Crippen molar-refractivity contribution in [2.75, 3.05) is 13.2 Å². The van der Waals surface area contributed by atoms with E-state index >= 15 is 0 Å². The number of carbonyl (C=O) groups excluding carboxylic acids is 1. The van der Waals surface area contributed by atoms with Crippen LogP contribution >= 0.6 is 0 Å². The first-order valence-corrected chi connectivity index (χ1v) is 4.19. The Labute approximate surface area is 77.1 Å². The van der Waals surface area contributed by atoms with Crippen LogP contribution in [-0.4, -0.2) is 36.2 Å². The van der Waals surface area contributed by atoms with Gasteiger partial charge in [-0.15, -0.1) is 0 Å². The number of carboxylic acids is 1. The molecule has 1 atom stereocenters. The number of aliphatic carboxylic acids is 1. The van der Waals surface area contributed by atoms with E-state index in [1.54, 1.807) is 6.92 Å². The Morgan fingerprint density at radius 2 is 2.15 bits per heavy atom. The maximum Gasteiger partial charge on any atom is 0.332 e. The molecule has 0 aliphatic rings. The lowest BCUT2D eigenvalue weighted by atomic mass is 10.4. The van der Waals surface area contributed by atoms with Gasteiger partial charge in [0.05, 0.1) is 6.61 Å². The number of rotatable bonds is 6. The van der Waals surface area contributed by atoms with Gasteiger partial charge >= 0.3 is 5.97 Å². The lowest BCUT2D eigenvalue weighted by Crippen LogP contribution is -2.29. The van der Waals surface area contributed by atoms with Gasteiger partial charge in [0.25, 0.3) is 0 Å². The van der Waals surface area contributed by atoms with Crippen LogP contribution < -0.4 is 5.32 Å². The second kappa shape index (κ2) is 6.42. The molecule has 2 N–H and O–H groups in total. The number of carbonyl (C=O) groups is 2. The summed E-state index contributed by atoms with van der Waals surface area (Å²) < 4.78 is 4.88. The summed E-state index contributed by atoms with van der Waals surface area (Å²) in [6, 6.07) is 0. The molecule has 0 bridgehead atoms. The molecule has 0 spiro atoms. The Kier molecular flexibility index (Phi) is 5.88. The highest BCUT2D eigenvalue weighted by Crippen LogP contribution is 1.88. The molecule has 0 fully saturated rings. The Morgan fingerprint density at radius 3 is 2.62 bits per heavy atom. The van der Waals surface area contributed by atoms with Crippen LogP contribution in [0.4, 0.5) is 0 Å². The van der Waals surface area contributed by atoms with Crippen LogP contribution in [0, 0.1) is 0 Å². The van der Waals surface area contributed by atoms with E-state index in [0.717, 1.165) is 0 Å². The predicted molar refractivity (Wildman–Crippen MR) is 46.4 cm³/mol. The van der Waals surface area contributed by atoms with Crippen molar-refractivity contribution in [1.29, 1.82) is 0 Å². The molecule has 13 heavy (non-hydrogen) atoms. The summed E-state index contributed by atoms with van der Waals surface area (Å²) in [5.41, 5.74) is 0. The van der Waals surface area contributed by atoms with Crippen LogP contribution in [0.25, 0.3) is 0 Å². The van der Waals surface area contributed by atoms with E-state index in [4.69, 9.17) is 9.84 Å². The molecule has 0 aromatic carbocycles. The molecular weight excluding hydrogens is 174 g/mol. The molecule has 0 aromatic rings. The minimum absolute atomic E-state index is 0.0634. The molecule has 0 saturated heterocycles. The van der Waals surface area contributed by atoms with E-state index in [0.29, 0.717) is 13.0 Å². The van der Waals surface area contributed by atoms with Crippen molar-refractivity contribution in [3.63, 3.8) is 0 Å². The first kappa shape index (κ1) is 11.9. The minimum atomic E-state index is -0.998. The van der Waals surface area contributed by atoms with Gasteiger partial charge in [-0.3, -0.25) is 4.79 Å². The Hall–Kier alpha value is -1.10. The highest BCUT2D eigenvalue weighted by atomic mass is 16.5. The van der Waals surface area contributed by atoms with Gasteiger partial charge in [-0.25, -0.2) is 4.79 Å². The fourth-order valence-electron chi connectivity index (χ4n) is 0.622. The monoisotopic (exact) mass is 189 g/mol. The van der Waals surface area contributed by atoms with Crippen LogP contribution in [-0.2, 0) is 14.3 Å². The lowest BCUT2D eigenvalue weighted by Gasteiger charge is -2.08. The Morgan fingerprint density at radius 1 is 1.54 bits per heavy atom. The maximum atomic E-state index is 10.7. The highest BCUT2D eigenvalue weighted by molar-refractivity contribution is 5.75. The van der Waals surface area contributed by atoms with Crippen LogP contribution in [0.5, 0.6) is 0 Å². The van der Waals surface area contributed by atoms with Crippen molar-refractivity contribution in [2.24, 2.45) is 0 Å². The maximum absolute atomic E-state index is 10.7. The normalized spacial score (nSPS) is 12.2. The van der Waals surface area contributed by atoms with Gasteiger partial charge in [-0.1, -0.05) is 6.92 Å². The van der Waals surface area contributed by atoms with E-state index in [-0.39, 0.29) is 12.5 Å². The van der Waals surface area contributed by atoms with Crippen LogP contribution in [0.3, 0.4) is 0 Å². The van der Waals surface area contributed by atoms with Crippen molar-refractivity contribution < 1.29 is 19.4 Å². The number of carboxylic acid groups (broad SMARTS) is 1. The average molecular weight is 189 g/mol. The second-order valence-electron chi connectivity index (χ2n) is 2.55. The topological polar surface area (TPSA) is 75.6 Å². The van der Waals surface area contributed by atoms with Gasteiger partial charge in [-0.2, -0.15) is 0 Å². The molecule has 1 unspecified atom stereocenters. The third-order valence-electron chi connectivity index (χ3n) is 1.46. The van der Waals surface area contributed by atoms with Gasteiger partial charge in [0.1, 0.15) is 0 Å². The molecular formula is C8H15NO4. The second-order valence-corrected chi connectivity index (χ2v) is 2.55. The molecule has 0 radical (unpaired) electrons. The summed E-state index contributed by atoms with van der Waals surface area (Å²) in [6.07, 6.45) is -0.396. The van der Waals surface area contributed by atoms with E-state index in [1.807, 2.05) is 0 Å². The quantitative estimate of drug-likeness (QED) is 0.577. The van der Waals surface area contributed by atoms with Crippen LogP contribution in [0.15, 0.2) is 0 Å². The highest BCUT2D eigenvalue weighted by Gasteiger charge is 2.09. The fourth-order valence-corrected chi connectivity index (χ4v) is 0.622. The van der Waals surface area contributed by atoms with Crippen molar-refractivity contribution in [3.8, 4) is 0 Å². The summed E-state index contributed by atoms with van der Waals surface area (Å²) in [7, 11) is 0. The number of hydrogen-bond acceptors (Lipinski definition) is 3. The van der Waals surface area contributed by atoms with Crippen molar-refractivity contribution in [1.82, 2.24) is 5.32 Å². The van der Waals surface area contributed by atoms with E-state index in [2.05, 4.69) is 5.32 Å². The first-order valence-electron chi connectivity index (χ1n) is 4.19. The van der Waals surface area contributed by atoms with E-state index < -0.39 is 12.1 Å². The molecule has 0 rings (SSSR count). The molecule has 0 heterocycles. The molecule has 5 nitrogen and oxygen atoms in total. The van der Waals surface area contributed by atoms with Gasteiger partial charge in [0.2, 0.25) is 5.91 Å². The molecule has 0 aliphatic heterocycles. The molecule has 1 amide bonds. The van der Waals surface area contributed by atoms with Crippen molar-refractivity contribution in [3.05, 3.63) is 0 Å². The summed E-state index contributed by atoms with van der Waals surface area (Å²) in [5, 5.41) is 11.0. The summed E-state index contributed by atoms with van der Waals surface area (Å²) >= 11 is 0. The van der Waals surface area contributed by atoms with Gasteiger partial charge in [0, 0.05) is 13.0 Å². The average Bonchev–Trinajstić information content (AvgIpc) is 2.11. The summed E-state index contributed by atoms with van der Waals surface area (Å²) in [5.74, 6) is -1.06. The molecule has 5 heteroatoms. The van der Waals surface area contributed by atoms with Crippen molar-refractivity contribution >= 4 is 11.9 Å². The smallest absolute Gasteiger partial charge is 0.332 e. The molecule has 0 aromatic heterocycles. The zero-order valence-corrected chi connectivity index (χ0v) is 7.87. The zero-order valence-electron chi connectivity index (χ0n) is 7.87. The fraction of sp³-hybridized carbons (Fsp3) is 0.750. The number of ether oxygens (including phenoxy) is 1. The third kappa shape index (κ3) is 6.10. The van der Waals surface area contributed by atoms with Crippen LogP contribution in [0.2, 0.25) is 0 Å². The van der Waals surface area contributed by atoms with Crippen molar-refractivity contribution in [2.45, 2.75) is 26.4 Å². The first-order chi connectivity index (χ1) is 6.07. The summed E-state index contributed by atoms with van der Waals surface area (Å²) in [4.78, 5) is 21.0. The SMILES string of the molecule is CCC(=O)NCCOC(C)C(=O)O. The van der Waals surface area contributed by atoms with Gasteiger partial charge in [-0.05, 0) is 6.92 Å². The molecule has 76 valence electrons. The van der Waals surface area contributed by atoms with E-state index in [9.17, 15) is 9.59 Å². The predicted octanol–water partition coefficient (Wildman–Crippen LogP) is 0.00230. The number of nitrogens with one attached hydrogen (secondary N) is 1. The van der Waals surface area contributed by atoms with Crippen LogP contribution in [0.1, 0.15) is 20.3 Å². The van der Waals surface area contributed by atoms with Gasteiger partial charge in [0.15, 0.2) is 6.10 Å².